The Morgan fingerprint density at radius 2 is 1.83 bits per heavy atom. The second-order valence-corrected chi connectivity index (χ2v) is 5.41. The zero-order valence-electron chi connectivity index (χ0n) is 12.2. The second kappa shape index (κ2) is 8.43. The summed E-state index contributed by atoms with van der Waals surface area (Å²) in [5.41, 5.74) is 5.54. The third-order valence-corrected chi connectivity index (χ3v) is 3.68. The number of nitrogens with one attached hydrogen (secondary N) is 1. The van der Waals surface area contributed by atoms with Gasteiger partial charge in [0.15, 0.2) is 0 Å². The van der Waals surface area contributed by atoms with Crippen LogP contribution in [0.2, 0.25) is 0 Å². The van der Waals surface area contributed by atoms with Crippen LogP contribution >= 0.6 is 12.2 Å². The fourth-order valence-corrected chi connectivity index (χ4v) is 2.06. The summed E-state index contributed by atoms with van der Waals surface area (Å²) in [5.74, 6) is 0.0704. The van der Waals surface area contributed by atoms with Crippen molar-refractivity contribution in [3.05, 3.63) is 0 Å². The lowest BCUT2D eigenvalue weighted by Gasteiger charge is -2.30. The molecule has 0 aromatic carbocycles. The van der Waals surface area contributed by atoms with Crippen LogP contribution < -0.4 is 11.1 Å². The lowest BCUT2D eigenvalue weighted by atomic mass is 10.1. The van der Waals surface area contributed by atoms with Crippen LogP contribution in [-0.4, -0.2) is 41.0 Å². The van der Waals surface area contributed by atoms with Crippen molar-refractivity contribution in [2.45, 2.75) is 65.1 Å². The maximum atomic E-state index is 12.1. The molecule has 0 bridgehead atoms. The highest BCUT2D eigenvalue weighted by atomic mass is 32.1. The first-order chi connectivity index (χ1) is 8.33. The number of hydrogen-bond acceptors (Lipinski definition) is 3. The highest BCUT2D eigenvalue weighted by molar-refractivity contribution is 7.80. The topological polar surface area (TPSA) is 58.4 Å². The summed E-state index contributed by atoms with van der Waals surface area (Å²) in [5, 5.41) is 3.06. The smallest absolute Gasteiger partial charge is 0.237 e. The van der Waals surface area contributed by atoms with Crippen molar-refractivity contribution in [3.8, 4) is 0 Å². The SMILES string of the molecule is CCC(CC)NC(=O)C(C)N(C)C(C)CC(N)=S. The average molecular weight is 273 g/mol. The number of hydrogen-bond donors (Lipinski definition) is 2. The summed E-state index contributed by atoms with van der Waals surface area (Å²) in [7, 11) is 1.93. The molecule has 106 valence electrons. The van der Waals surface area contributed by atoms with Crippen molar-refractivity contribution in [1.29, 1.82) is 0 Å². The normalized spacial score (nSPS) is 14.6. The van der Waals surface area contributed by atoms with Gasteiger partial charge in [-0.1, -0.05) is 26.1 Å². The molecule has 5 heteroatoms. The molecular weight excluding hydrogens is 246 g/mol. The number of nitrogens with zero attached hydrogens (tertiary/aromatic N) is 1. The predicted octanol–water partition coefficient (Wildman–Crippen LogP) is 1.68. The van der Waals surface area contributed by atoms with Gasteiger partial charge in [0, 0.05) is 18.5 Å². The summed E-state index contributed by atoms with van der Waals surface area (Å²) in [6.07, 6.45) is 2.55. The van der Waals surface area contributed by atoms with E-state index >= 15 is 0 Å². The number of thiocarbonyl (C=S) groups is 1. The molecule has 0 rings (SSSR count). The van der Waals surface area contributed by atoms with E-state index in [1.54, 1.807) is 0 Å². The summed E-state index contributed by atoms with van der Waals surface area (Å²) in [4.78, 5) is 14.6. The van der Waals surface area contributed by atoms with Gasteiger partial charge in [0.25, 0.3) is 0 Å². The van der Waals surface area contributed by atoms with Crippen molar-refractivity contribution in [1.82, 2.24) is 10.2 Å². The maximum absolute atomic E-state index is 12.1. The Morgan fingerprint density at radius 3 is 2.22 bits per heavy atom. The van der Waals surface area contributed by atoms with E-state index in [0.717, 1.165) is 12.8 Å². The van der Waals surface area contributed by atoms with E-state index in [1.807, 2.05) is 25.8 Å². The van der Waals surface area contributed by atoms with Crippen molar-refractivity contribution in [3.63, 3.8) is 0 Å². The van der Waals surface area contributed by atoms with Crippen LogP contribution in [0.5, 0.6) is 0 Å². The summed E-state index contributed by atoms with van der Waals surface area (Å²) < 4.78 is 0. The molecule has 3 N–H and O–H groups in total. The molecule has 0 saturated carbocycles. The van der Waals surface area contributed by atoms with Crippen LogP contribution in [-0.2, 0) is 4.79 Å². The molecule has 0 fully saturated rings. The Hall–Kier alpha value is -0.680. The fourth-order valence-electron chi connectivity index (χ4n) is 1.82. The third kappa shape index (κ3) is 5.78. The van der Waals surface area contributed by atoms with Crippen LogP contribution in [0.4, 0.5) is 0 Å². The molecule has 0 spiro atoms. The molecule has 1 amide bonds. The second-order valence-electron chi connectivity index (χ2n) is 4.88. The molecule has 0 aliphatic rings. The molecule has 2 unspecified atom stereocenters. The Bertz CT molecular complexity index is 279. The average Bonchev–Trinajstić information content (AvgIpc) is 2.32. The first-order valence-electron chi connectivity index (χ1n) is 6.64. The highest BCUT2D eigenvalue weighted by Crippen LogP contribution is 2.07. The Labute approximate surface area is 116 Å². The van der Waals surface area contributed by atoms with Crippen LogP contribution in [0, 0.1) is 0 Å². The first-order valence-corrected chi connectivity index (χ1v) is 7.04. The molecule has 0 aromatic heterocycles. The van der Waals surface area contributed by atoms with E-state index in [-0.39, 0.29) is 24.0 Å². The van der Waals surface area contributed by atoms with Crippen molar-refractivity contribution in [2.75, 3.05) is 7.05 Å². The van der Waals surface area contributed by atoms with E-state index in [4.69, 9.17) is 18.0 Å². The van der Waals surface area contributed by atoms with Crippen LogP contribution in [0.15, 0.2) is 0 Å². The van der Waals surface area contributed by atoms with Crippen LogP contribution in [0.1, 0.15) is 47.0 Å². The maximum Gasteiger partial charge on any atom is 0.237 e. The molecule has 2 atom stereocenters. The predicted molar refractivity (Wildman–Crippen MR) is 80.6 cm³/mol. The zero-order valence-corrected chi connectivity index (χ0v) is 13.0. The molecule has 0 aliphatic heterocycles. The van der Waals surface area contributed by atoms with Gasteiger partial charge >= 0.3 is 0 Å². The third-order valence-electron chi connectivity index (χ3n) is 3.51. The lowest BCUT2D eigenvalue weighted by Crippen LogP contribution is -2.49. The largest absolute Gasteiger partial charge is 0.393 e. The van der Waals surface area contributed by atoms with Gasteiger partial charge in [-0.15, -0.1) is 0 Å². The fraction of sp³-hybridized carbons (Fsp3) is 0.846. The summed E-state index contributed by atoms with van der Waals surface area (Å²) in [6, 6.07) is 0.263. The van der Waals surface area contributed by atoms with E-state index in [0.29, 0.717) is 11.4 Å². The van der Waals surface area contributed by atoms with Gasteiger partial charge in [0.2, 0.25) is 5.91 Å². The van der Waals surface area contributed by atoms with Crippen molar-refractivity contribution < 1.29 is 4.79 Å². The Morgan fingerprint density at radius 1 is 1.33 bits per heavy atom. The van der Waals surface area contributed by atoms with Gasteiger partial charge in [0.1, 0.15) is 0 Å². The van der Waals surface area contributed by atoms with E-state index in [1.165, 1.54) is 0 Å². The number of carbonyl (C=O) groups is 1. The van der Waals surface area contributed by atoms with E-state index < -0.39 is 0 Å². The molecule has 0 radical (unpaired) electrons. The first kappa shape index (κ1) is 17.3. The van der Waals surface area contributed by atoms with Crippen molar-refractivity contribution in [2.24, 2.45) is 5.73 Å². The lowest BCUT2D eigenvalue weighted by molar-refractivity contribution is -0.126. The van der Waals surface area contributed by atoms with E-state index in [9.17, 15) is 4.79 Å². The Balaban J connectivity index is 4.39. The quantitative estimate of drug-likeness (QED) is 0.661. The van der Waals surface area contributed by atoms with E-state index in [2.05, 4.69) is 19.2 Å². The number of carbonyl (C=O) groups excluding carboxylic acids is 1. The van der Waals surface area contributed by atoms with Gasteiger partial charge in [-0.25, -0.2) is 0 Å². The van der Waals surface area contributed by atoms with Gasteiger partial charge in [-0.3, -0.25) is 9.69 Å². The van der Waals surface area contributed by atoms with Gasteiger partial charge in [0.05, 0.1) is 11.0 Å². The van der Waals surface area contributed by atoms with Crippen LogP contribution in [0.25, 0.3) is 0 Å². The molecule has 18 heavy (non-hydrogen) atoms. The molecular formula is C13H27N3OS. The highest BCUT2D eigenvalue weighted by Gasteiger charge is 2.23. The molecule has 0 heterocycles. The number of rotatable bonds is 8. The minimum absolute atomic E-state index is 0.0704. The summed E-state index contributed by atoms with van der Waals surface area (Å²) >= 11 is 4.90. The molecule has 0 aliphatic carbocycles. The molecule has 4 nitrogen and oxygen atoms in total. The summed E-state index contributed by atoms with van der Waals surface area (Å²) in [6.45, 7) is 8.10. The standard InChI is InChI=1S/C13H27N3OS/c1-6-11(7-2)15-13(17)10(4)16(5)9(3)8-12(14)18/h9-11H,6-8H2,1-5H3,(H2,14,18)(H,15,17). The minimum atomic E-state index is -0.171. The van der Waals surface area contributed by atoms with Gasteiger partial charge in [-0.2, -0.15) is 0 Å². The number of nitrogens with two attached hydrogens (primary N) is 1. The zero-order chi connectivity index (χ0) is 14.3. The number of amides is 1. The van der Waals surface area contributed by atoms with Gasteiger partial charge in [-0.05, 0) is 33.7 Å². The van der Waals surface area contributed by atoms with Crippen molar-refractivity contribution >= 4 is 23.1 Å². The number of likely N-dealkylation sites (N-methyl/N-ethyl adjacent to an activating group) is 1. The molecule has 0 saturated heterocycles. The minimum Gasteiger partial charge on any atom is -0.393 e. The Kier molecular flexibility index (Phi) is 8.11. The van der Waals surface area contributed by atoms with Crippen LogP contribution in [0.3, 0.4) is 0 Å². The monoisotopic (exact) mass is 273 g/mol. The molecule has 0 aromatic rings. The van der Waals surface area contributed by atoms with Gasteiger partial charge < -0.3 is 11.1 Å².